The molecule has 1 saturated carbocycles. The summed E-state index contributed by atoms with van der Waals surface area (Å²) in [5.41, 5.74) is -0.0992. The van der Waals surface area contributed by atoms with Gasteiger partial charge in [-0.2, -0.15) is 0 Å². The quantitative estimate of drug-likeness (QED) is 0.560. The molecular formula is C25H33N3O5S2. The Morgan fingerprint density at radius 3 is 2.77 bits per heavy atom. The lowest BCUT2D eigenvalue weighted by atomic mass is 9.47. The molecule has 35 heavy (non-hydrogen) atoms. The Bertz CT molecular complexity index is 1080. The van der Waals surface area contributed by atoms with E-state index in [9.17, 15) is 19.8 Å². The molecule has 3 heterocycles. The molecule has 10 heteroatoms. The zero-order valence-corrected chi connectivity index (χ0v) is 21.8. The van der Waals surface area contributed by atoms with Crippen molar-refractivity contribution in [2.75, 3.05) is 38.2 Å². The highest BCUT2D eigenvalue weighted by Gasteiger charge is 2.59. The van der Waals surface area contributed by atoms with Crippen molar-refractivity contribution >= 4 is 39.6 Å². The summed E-state index contributed by atoms with van der Waals surface area (Å²) in [6.07, 6.45) is 1.71. The number of rotatable bonds is 5. The van der Waals surface area contributed by atoms with E-state index in [1.807, 2.05) is 23.3 Å². The average molecular weight is 520 g/mol. The van der Waals surface area contributed by atoms with Gasteiger partial charge in [0.05, 0.1) is 36.5 Å². The first-order valence-electron chi connectivity index (χ1n) is 12.2. The normalized spacial score (nSPS) is 32.6. The van der Waals surface area contributed by atoms with Crippen LogP contribution in [0.4, 0.5) is 5.13 Å². The van der Waals surface area contributed by atoms with Crippen molar-refractivity contribution in [3.05, 3.63) is 33.0 Å². The minimum atomic E-state index is -0.671. The van der Waals surface area contributed by atoms with Crippen molar-refractivity contribution in [3.8, 4) is 0 Å². The number of aliphatic hydroxyl groups excluding tert-OH is 2. The van der Waals surface area contributed by atoms with Crippen molar-refractivity contribution in [1.82, 2.24) is 9.88 Å². The van der Waals surface area contributed by atoms with Crippen LogP contribution in [0.1, 0.15) is 59.3 Å². The number of ether oxygens (including phenoxy) is 1. The highest BCUT2D eigenvalue weighted by atomic mass is 32.1. The summed E-state index contributed by atoms with van der Waals surface area (Å²) in [6, 6.07) is 3.62. The molecule has 3 aliphatic rings. The summed E-state index contributed by atoms with van der Waals surface area (Å²) in [7, 11) is 0. The molecule has 1 aliphatic heterocycles. The molecule has 0 aromatic carbocycles. The first-order valence-corrected chi connectivity index (χ1v) is 13.9. The number of amides is 2. The molecule has 2 fully saturated rings. The van der Waals surface area contributed by atoms with E-state index in [1.54, 1.807) is 6.07 Å². The standard InChI is InChI=1S/C25H33N3O5S2/c1-24-6-5-19(30)25(2,14-29)18(24)13-17-21(15(24)12-20(31)28-7-9-33-10-8-28)26-23(35-17)27-22(32)16-4-3-11-34-16/h3-4,11,15,18-19,29-30H,5-10,12-14H2,1-2H3,(H,26,27,32)/t15-,18+,19-,24+,25+/m1/s1. The molecule has 5 rings (SSSR count). The minimum Gasteiger partial charge on any atom is -0.396 e. The monoisotopic (exact) mass is 519 g/mol. The second-order valence-electron chi connectivity index (χ2n) is 10.5. The fraction of sp³-hybridized carbons (Fsp3) is 0.640. The Morgan fingerprint density at radius 2 is 2.09 bits per heavy atom. The van der Waals surface area contributed by atoms with Crippen LogP contribution in [0, 0.1) is 16.7 Å². The number of fused-ring (bicyclic) bond motifs is 2. The van der Waals surface area contributed by atoms with Crippen LogP contribution in [0.15, 0.2) is 17.5 Å². The van der Waals surface area contributed by atoms with Crippen LogP contribution in [0.5, 0.6) is 0 Å². The van der Waals surface area contributed by atoms with Crippen LogP contribution >= 0.6 is 22.7 Å². The Labute approximate surface area is 213 Å². The van der Waals surface area contributed by atoms with E-state index in [2.05, 4.69) is 12.2 Å². The van der Waals surface area contributed by atoms with E-state index in [-0.39, 0.29) is 35.7 Å². The second kappa shape index (κ2) is 9.55. The molecule has 2 aromatic heterocycles. The molecule has 1 saturated heterocycles. The van der Waals surface area contributed by atoms with E-state index >= 15 is 0 Å². The number of aliphatic hydroxyl groups is 2. The maximum atomic E-state index is 13.4. The highest BCUT2D eigenvalue weighted by molar-refractivity contribution is 7.16. The molecule has 0 radical (unpaired) electrons. The van der Waals surface area contributed by atoms with Gasteiger partial charge in [0.2, 0.25) is 5.91 Å². The summed E-state index contributed by atoms with van der Waals surface area (Å²) in [5.74, 6) is -0.278. The van der Waals surface area contributed by atoms with Gasteiger partial charge in [-0.25, -0.2) is 4.98 Å². The zero-order chi connectivity index (χ0) is 24.8. The number of carbonyl (C=O) groups is 2. The molecule has 2 amide bonds. The van der Waals surface area contributed by atoms with Crippen LogP contribution < -0.4 is 5.32 Å². The molecule has 3 N–H and O–H groups in total. The van der Waals surface area contributed by atoms with Crippen molar-refractivity contribution in [2.45, 2.75) is 51.6 Å². The summed E-state index contributed by atoms with van der Waals surface area (Å²) in [4.78, 5) is 34.5. The highest BCUT2D eigenvalue weighted by Crippen LogP contribution is 2.62. The summed E-state index contributed by atoms with van der Waals surface area (Å²) in [5, 5.41) is 26.7. The number of aromatic nitrogens is 1. The van der Waals surface area contributed by atoms with Gasteiger partial charge >= 0.3 is 0 Å². The maximum absolute atomic E-state index is 13.4. The molecule has 2 aromatic rings. The number of carbonyl (C=O) groups excluding carboxylic acids is 2. The van der Waals surface area contributed by atoms with Gasteiger partial charge in [-0.3, -0.25) is 14.9 Å². The topological polar surface area (TPSA) is 112 Å². The van der Waals surface area contributed by atoms with E-state index < -0.39 is 11.5 Å². The number of hydrogen-bond donors (Lipinski definition) is 3. The smallest absolute Gasteiger partial charge is 0.267 e. The van der Waals surface area contributed by atoms with Crippen molar-refractivity contribution in [3.63, 3.8) is 0 Å². The maximum Gasteiger partial charge on any atom is 0.267 e. The Kier molecular flexibility index (Phi) is 6.78. The Balaban J connectivity index is 1.50. The lowest BCUT2D eigenvalue weighted by Gasteiger charge is -2.58. The van der Waals surface area contributed by atoms with Crippen LogP contribution in [-0.4, -0.2) is 70.9 Å². The zero-order valence-electron chi connectivity index (χ0n) is 20.2. The molecule has 0 bridgehead atoms. The first kappa shape index (κ1) is 24.8. The third kappa shape index (κ3) is 4.33. The van der Waals surface area contributed by atoms with Gasteiger partial charge in [0.15, 0.2) is 5.13 Å². The second-order valence-corrected chi connectivity index (χ2v) is 12.5. The largest absolute Gasteiger partial charge is 0.396 e. The van der Waals surface area contributed by atoms with Crippen molar-refractivity contribution in [1.29, 1.82) is 0 Å². The molecule has 190 valence electrons. The molecule has 5 atom stereocenters. The van der Waals surface area contributed by atoms with E-state index in [0.29, 0.717) is 55.6 Å². The summed E-state index contributed by atoms with van der Waals surface area (Å²) in [6.45, 7) is 6.31. The van der Waals surface area contributed by atoms with Crippen LogP contribution in [-0.2, 0) is 16.0 Å². The van der Waals surface area contributed by atoms with Gasteiger partial charge in [-0.1, -0.05) is 19.9 Å². The van der Waals surface area contributed by atoms with Gasteiger partial charge in [-0.05, 0) is 42.0 Å². The summed E-state index contributed by atoms with van der Waals surface area (Å²) < 4.78 is 5.43. The van der Waals surface area contributed by atoms with Crippen LogP contribution in [0.25, 0.3) is 0 Å². The lowest BCUT2D eigenvalue weighted by molar-refractivity contribution is -0.149. The van der Waals surface area contributed by atoms with E-state index in [1.165, 1.54) is 22.7 Å². The Morgan fingerprint density at radius 1 is 1.31 bits per heavy atom. The average Bonchev–Trinajstić information content (AvgIpc) is 3.53. The van der Waals surface area contributed by atoms with Gasteiger partial charge < -0.3 is 19.8 Å². The predicted molar refractivity (Wildman–Crippen MR) is 135 cm³/mol. The summed E-state index contributed by atoms with van der Waals surface area (Å²) >= 11 is 2.83. The number of hydrogen-bond acceptors (Lipinski definition) is 8. The fourth-order valence-electron chi connectivity index (χ4n) is 6.38. The van der Waals surface area contributed by atoms with Gasteiger partial charge in [-0.15, -0.1) is 22.7 Å². The molecule has 0 spiro atoms. The SMILES string of the molecule is C[C@]1(CO)[C@H]2Cc3sc(NC(=O)c4cccs4)nc3[C@@H](CC(=O)N3CCOCC3)[C@]2(C)CC[C@H]1O. The number of anilines is 1. The van der Waals surface area contributed by atoms with Crippen LogP contribution in [0.2, 0.25) is 0 Å². The van der Waals surface area contributed by atoms with Crippen molar-refractivity contribution < 1.29 is 24.5 Å². The number of nitrogens with one attached hydrogen (secondary N) is 1. The number of thiazole rings is 1. The molecule has 8 nitrogen and oxygen atoms in total. The molecular weight excluding hydrogens is 486 g/mol. The lowest BCUT2D eigenvalue weighted by Crippen LogP contribution is -2.58. The number of thiophene rings is 1. The van der Waals surface area contributed by atoms with Crippen LogP contribution in [0.3, 0.4) is 0 Å². The number of nitrogens with zero attached hydrogens (tertiary/aromatic N) is 2. The van der Waals surface area contributed by atoms with E-state index in [0.717, 1.165) is 17.0 Å². The van der Waals surface area contributed by atoms with Gasteiger partial charge in [0.1, 0.15) is 0 Å². The van der Waals surface area contributed by atoms with E-state index in [4.69, 9.17) is 9.72 Å². The molecule has 2 aliphatic carbocycles. The van der Waals surface area contributed by atoms with Gasteiger partial charge in [0.25, 0.3) is 5.91 Å². The third-order valence-electron chi connectivity index (χ3n) is 8.60. The fourth-order valence-corrected chi connectivity index (χ4v) is 8.06. The minimum absolute atomic E-state index is 0.0139. The predicted octanol–water partition coefficient (Wildman–Crippen LogP) is 3.12. The Hall–Kier alpha value is -1.85. The number of morpholine rings is 1. The molecule has 0 unspecified atom stereocenters. The van der Waals surface area contributed by atoms with Gasteiger partial charge in [0, 0.05) is 35.7 Å². The third-order valence-corrected chi connectivity index (χ3v) is 10.5. The van der Waals surface area contributed by atoms with Crippen molar-refractivity contribution in [2.24, 2.45) is 16.7 Å². The first-order chi connectivity index (χ1) is 16.8.